The van der Waals surface area contributed by atoms with Crippen LogP contribution < -0.4 is 10.1 Å². The van der Waals surface area contributed by atoms with Crippen LogP contribution in [0.2, 0.25) is 0 Å². The van der Waals surface area contributed by atoms with E-state index in [1.807, 2.05) is 30.3 Å². The lowest BCUT2D eigenvalue weighted by atomic mass is 9.90. The molecule has 5 nitrogen and oxygen atoms in total. The molecule has 0 fully saturated rings. The molecule has 162 valence electrons. The van der Waals surface area contributed by atoms with Gasteiger partial charge in [0.15, 0.2) is 0 Å². The summed E-state index contributed by atoms with van der Waals surface area (Å²) in [4.78, 5) is 20.6. The molecule has 3 aromatic rings. The molecule has 2 atom stereocenters. The number of rotatable bonds is 7. The maximum Gasteiger partial charge on any atom is 0.416 e. The predicted molar refractivity (Wildman–Crippen MR) is 110 cm³/mol. The number of hydrogen-bond acceptors (Lipinski definition) is 4. The summed E-state index contributed by atoms with van der Waals surface area (Å²) in [5.74, 6) is -0.824. The number of benzene rings is 2. The summed E-state index contributed by atoms with van der Waals surface area (Å²) in [7, 11) is 0. The van der Waals surface area contributed by atoms with Gasteiger partial charge in [-0.15, -0.1) is 0 Å². The molecule has 3 rings (SSSR count). The first-order valence-electron chi connectivity index (χ1n) is 9.71. The standard InChI is InChI=1S/C23H22F3N3O2/c1-15(18-10-6-7-11-19(18)23(24,25)26)16(2)29-22(30)20-12-28-21(13-27-20)31-14-17-8-4-3-5-9-17/h3-13,15-16H,14H2,1-2H3,(H,29,30). The average Bonchev–Trinajstić information content (AvgIpc) is 2.77. The summed E-state index contributed by atoms with van der Waals surface area (Å²) in [6.45, 7) is 3.61. The maximum absolute atomic E-state index is 13.3. The molecule has 1 aromatic heterocycles. The summed E-state index contributed by atoms with van der Waals surface area (Å²) in [6.07, 6.45) is -1.85. The molecule has 0 spiro atoms. The Hall–Kier alpha value is -3.42. The largest absolute Gasteiger partial charge is 0.472 e. The summed E-state index contributed by atoms with van der Waals surface area (Å²) in [6, 6.07) is 14.3. The molecule has 0 aliphatic carbocycles. The monoisotopic (exact) mass is 429 g/mol. The quantitative estimate of drug-likeness (QED) is 0.574. The highest BCUT2D eigenvalue weighted by atomic mass is 19.4. The van der Waals surface area contributed by atoms with E-state index in [1.54, 1.807) is 19.9 Å². The lowest BCUT2D eigenvalue weighted by molar-refractivity contribution is -0.138. The number of hydrogen-bond donors (Lipinski definition) is 1. The van der Waals surface area contributed by atoms with Crippen LogP contribution in [0.25, 0.3) is 0 Å². The van der Waals surface area contributed by atoms with Gasteiger partial charge in [0, 0.05) is 12.0 Å². The van der Waals surface area contributed by atoms with Crippen LogP contribution in [0, 0.1) is 0 Å². The fraction of sp³-hybridized carbons (Fsp3) is 0.261. The van der Waals surface area contributed by atoms with Gasteiger partial charge in [-0.2, -0.15) is 13.2 Å². The summed E-state index contributed by atoms with van der Waals surface area (Å²) in [5.41, 5.74) is 0.435. The molecular formula is C23H22F3N3O2. The summed E-state index contributed by atoms with van der Waals surface area (Å²) in [5, 5.41) is 2.70. The molecule has 2 unspecified atom stereocenters. The van der Waals surface area contributed by atoms with E-state index in [0.717, 1.165) is 11.6 Å². The van der Waals surface area contributed by atoms with Gasteiger partial charge in [0.2, 0.25) is 5.88 Å². The van der Waals surface area contributed by atoms with E-state index < -0.39 is 29.6 Å². The minimum absolute atomic E-state index is 0.0511. The molecule has 8 heteroatoms. The Bertz CT molecular complexity index is 1010. The van der Waals surface area contributed by atoms with Crippen LogP contribution >= 0.6 is 0 Å². The van der Waals surface area contributed by atoms with E-state index in [1.165, 1.54) is 24.5 Å². The van der Waals surface area contributed by atoms with Crippen LogP contribution in [-0.4, -0.2) is 21.9 Å². The molecule has 0 aliphatic rings. The van der Waals surface area contributed by atoms with Crippen LogP contribution in [-0.2, 0) is 12.8 Å². The first-order valence-corrected chi connectivity index (χ1v) is 9.71. The summed E-state index contributed by atoms with van der Waals surface area (Å²) >= 11 is 0. The minimum Gasteiger partial charge on any atom is -0.472 e. The van der Waals surface area contributed by atoms with Crippen molar-refractivity contribution in [1.29, 1.82) is 0 Å². The third-order valence-electron chi connectivity index (χ3n) is 4.96. The lowest BCUT2D eigenvalue weighted by Gasteiger charge is -2.24. The molecule has 0 saturated heterocycles. The van der Waals surface area contributed by atoms with Crippen LogP contribution in [0.4, 0.5) is 13.2 Å². The SMILES string of the molecule is CC(NC(=O)c1cnc(OCc2ccccc2)cn1)C(C)c1ccccc1C(F)(F)F. The Balaban J connectivity index is 1.62. The van der Waals surface area contributed by atoms with E-state index in [9.17, 15) is 18.0 Å². The first-order chi connectivity index (χ1) is 14.8. The second kappa shape index (κ2) is 9.59. The third kappa shape index (κ3) is 5.81. The van der Waals surface area contributed by atoms with Gasteiger partial charge in [0.25, 0.3) is 5.91 Å². The zero-order valence-electron chi connectivity index (χ0n) is 17.1. The first kappa shape index (κ1) is 22.3. The normalized spacial score (nSPS) is 13.3. The van der Waals surface area contributed by atoms with Crippen molar-refractivity contribution in [3.8, 4) is 5.88 Å². The molecule has 2 aromatic carbocycles. The number of carbonyl (C=O) groups is 1. The highest BCUT2D eigenvalue weighted by molar-refractivity contribution is 5.92. The van der Waals surface area contributed by atoms with Crippen molar-refractivity contribution >= 4 is 5.91 Å². The Morgan fingerprint density at radius 1 is 1.00 bits per heavy atom. The van der Waals surface area contributed by atoms with Crippen LogP contribution in [0.3, 0.4) is 0 Å². The van der Waals surface area contributed by atoms with Gasteiger partial charge in [-0.1, -0.05) is 55.5 Å². The van der Waals surface area contributed by atoms with E-state index in [2.05, 4.69) is 15.3 Å². The minimum atomic E-state index is -4.46. The molecule has 0 saturated carbocycles. The van der Waals surface area contributed by atoms with Crippen molar-refractivity contribution in [2.45, 2.75) is 38.6 Å². The van der Waals surface area contributed by atoms with Crippen LogP contribution in [0.5, 0.6) is 5.88 Å². The number of nitrogens with zero attached hydrogens (tertiary/aromatic N) is 2. The van der Waals surface area contributed by atoms with Gasteiger partial charge in [0.1, 0.15) is 12.3 Å². The number of ether oxygens (including phenoxy) is 1. The van der Waals surface area contributed by atoms with Gasteiger partial charge >= 0.3 is 6.18 Å². The second-order valence-electron chi connectivity index (χ2n) is 7.15. The smallest absolute Gasteiger partial charge is 0.416 e. The maximum atomic E-state index is 13.3. The number of halogens is 3. The highest BCUT2D eigenvalue weighted by Crippen LogP contribution is 2.36. The Morgan fingerprint density at radius 3 is 2.32 bits per heavy atom. The number of carbonyl (C=O) groups excluding carboxylic acids is 1. The third-order valence-corrected chi connectivity index (χ3v) is 4.96. The molecule has 1 heterocycles. The second-order valence-corrected chi connectivity index (χ2v) is 7.15. The van der Waals surface area contributed by atoms with Crippen molar-refractivity contribution in [1.82, 2.24) is 15.3 Å². The predicted octanol–water partition coefficient (Wildman–Crippen LogP) is 5.00. The summed E-state index contributed by atoms with van der Waals surface area (Å²) < 4.78 is 45.4. The number of alkyl halides is 3. The topological polar surface area (TPSA) is 64.1 Å². The van der Waals surface area contributed by atoms with Crippen LogP contribution in [0.1, 0.15) is 46.9 Å². The molecule has 0 bridgehead atoms. The fourth-order valence-electron chi connectivity index (χ4n) is 3.07. The van der Waals surface area contributed by atoms with Gasteiger partial charge in [0.05, 0.1) is 18.0 Å². The van der Waals surface area contributed by atoms with E-state index in [4.69, 9.17) is 4.74 Å². The Labute approximate surface area is 178 Å². The molecular weight excluding hydrogens is 407 g/mol. The number of nitrogens with one attached hydrogen (secondary N) is 1. The Morgan fingerprint density at radius 2 is 1.68 bits per heavy atom. The average molecular weight is 429 g/mol. The van der Waals surface area contributed by atoms with E-state index >= 15 is 0 Å². The van der Waals surface area contributed by atoms with Gasteiger partial charge in [-0.05, 0) is 24.1 Å². The molecule has 0 aliphatic heterocycles. The van der Waals surface area contributed by atoms with Gasteiger partial charge in [-0.25, -0.2) is 9.97 Å². The molecule has 31 heavy (non-hydrogen) atoms. The van der Waals surface area contributed by atoms with Crippen molar-refractivity contribution < 1.29 is 22.7 Å². The number of amides is 1. The zero-order valence-corrected chi connectivity index (χ0v) is 17.1. The molecule has 0 radical (unpaired) electrons. The van der Waals surface area contributed by atoms with Crippen LogP contribution in [0.15, 0.2) is 67.0 Å². The van der Waals surface area contributed by atoms with Crippen molar-refractivity contribution in [2.24, 2.45) is 0 Å². The highest BCUT2D eigenvalue weighted by Gasteiger charge is 2.35. The lowest BCUT2D eigenvalue weighted by Crippen LogP contribution is -2.37. The van der Waals surface area contributed by atoms with Gasteiger partial charge < -0.3 is 10.1 Å². The van der Waals surface area contributed by atoms with Gasteiger partial charge in [-0.3, -0.25) is 4.79 Å². The number of aromatic nitrogens is 2. The van der Waals surface area contributed by atoms with Crippen molar-refractivity contribution in [2.75, 3.05) is 0 Å². The molecule has 1 amide bonds. The fourth-order valence-corrected chi connectivity index (χ4v) is 3.07. The van der Waals surface area contributed by atoms with Crippen molar-refractivity contribution in [3.05, 3.63) is 89.4 Å². The van der Waals surface area contributed by atoms with E-state index in [-0.39, 0.29) is 17.1 Å². The Kier molecular flexibility index (Phi) is 6.89. The zero-order chi connectivity index (χ0) is 22.4. The molecule has 1 N–H and O–H groups in total. The van der Waals surface area contributed by atoms with E-state index in [0.29, 0.717) is 6.61 Å². The van der Waals surface area contributed by atoms with Crippen molar-refractivity contribution in [3.63, 3.8) is 0 Å².